The molecular weight excluding hydrogens is 591 g/mol. The minimum atomic E-state index is -4.77. The third-order valence-corrected chi connectivity index (χ3v) is 8.70. The summed E-state index contributed by atoms with van der Waals surface area (Å²) in [5.41, 5.74) is 8.23. The monoisotopic (exact) mass is 627 g/mol. The van der Waals surface area contributed by atoms with Gasteiger partial charge in [-0.15, -0.1) is 0 Å². The van der Waals surface area contributed by atoms with E-state index in [4.69, 9.17) is 10.5 Å². The summed E-state index contributed by atoms with van der Waals surface area (Å²) in [5.74, 6) is -1.83. The molecule has 6 heterocycles. The Morgan fingerprint density at radius 1 is 1.22 bits per heavy atom. The number of methoxy groups -OCH3 is 1. The number of nitrogens with one attached hydrogen (secondary N) is 1. The van der Waals surface area contributed by atoms with E-state index in [1.165, 1.54) is 12.4 Å². The molecule has 6 rings (SSSR count). The lowest BCUT2D eigenvalue weighted by molar-refractivity contribution is -0.145. The smallest absolute Gasteiger partial charge is 0.383 e. The van der Waals surface area contributed by atoms with Gasteiger partial charge in [-0.05, 0) is 32.0 Å². The molecule has 2 aliphatic heterocycles. The predicted molar refractivity (Wildman–Crippen MR) is 158 cm³/mol. The van der Waals surface area contributed by atoms with E-state index in [0.717, 1.165) is 22.3 Å². The molecule has 3 N–H and O–H groups in total. The minimum Gasteiger partial charge on any atom is -0.383 e. The molecule has 2 saturated heterocycles. The molecule has 0 spiro atoms. The van der Waals surface area contributed by atoms with Crippen LogP contribution in [0.2, 0.25) is 0 Å². The standard InChI is InChI=1S/C29H36F3N11O2/c1-40(9-10-45-2)14-20-11-23(39-27(38-20)29(30,31)32)26(44)41-7-4-21(5-8-41)42-16-28(15-33,17-42)43-13-19(12-37-43)24-22-3-6-34-25(22)36-18-35-24/h3,6,11-13,18,21H,4-5,7-10,14-17,33H2,1-2H3,(H,34,35,36). The largest absolute Gasteiger partial charge is 0.451 e. The first-order valence-electron chi connectivity index (χ1n) is 14.8. The first-order valence-corrected chi connectivity index (χ1v) is 14.8. The van der Waals surface area contributed by atoms with Crippen molar-refractivity contribution in [2.45, 2.75) is 37.1 Å². The number of carbonyl (C=O) groups excluding carboxylic acids is 1. The number of likely N-dealkylation sites (N-methyl/N-ethyl adjacent to an activating group) is 1. The fourth-order valence-corrected chi connectivity index (χ4v) is 6.16. The number of fused-ring (bicyclic) bond motifs is 1. The fraction of sp³-hybridized carbons (Fsp3) is 0.517. The lowest BCUT2D eigenvalue weighted by atomic mass is 9.86. The summed E-state index contributed by atoms with van der Waals surface area (Å²) in [6.07, 6.45) is 3.72. The molecule has 4 aromatic heterocycles. The molecular formula is C29H36F3N11O2. The van der Waals surface area contributed by atoms with Crippen LogP contribution in [0.5, 0.6) is 0 Å². The maximum Gasteiger partial charge on any atom is 0.451 e. The fourth-order valence-electron chi connectivity index (χ4n) is 6.16. The van der Waals surface area contributed by atoms with Gasteiger partial charge in [0, 0.05) is 82.3 Å². The lowest BCUT2D eigenvalue weighted by Gasteiger charge is -2.54. The second-order valence-corrected chi connectivity index (χ2v) is 11.8. The van der Waals surface area contributed by atoms with Crippen molar-refractivity contribution in [2.75, 3.05) is 60.0 Å². The number of hydrogen-bond acceptors (Lipinski definition) is 10. The molecule has 0 atom stereocenters. The van der Waals surface area contributed by atoms with Crippen LogP contribution in [-0.2, 0) is 23.0 Å². The highest BCUT2D eigenvalue weighted by Gasteiger charge is 2.47. The molecule has 0 aromatic carbocycles. The summed E-state index contributed by atoms with van der Waals surface area (Å²) < 4.78 is 47.8. The van der Waals surface area contributed by atoms with E-state index >= 15 is 0 Å². The predicted octanol–water partition coefficient (Wildman–Crippen LogP) is 1.98. The van der Waals surface area contributed by atoms with E-state index in [9.17, 15) is 18.0 Å². The number of ether oxygens (including phenoxy) is 1. The molecule has 0 radical (unpaired) electrons. The van der Waals surface area contributed by atoms with Crippen LogP contribution >= 0.6 is 0 Å². The Bertz CT molecular complexity index is 1640. The van der Waals surface area contributed by atoms with Crippen LogP contribution in [0, 0.1) is 0 Å². The summed E-state index contributed by atoms with van der Waals surface area (Å²) in [5, 5.41) is 5.56. The summed E-state index contributed by atoms with van der Waals surface area (Å²) in [7, 11) is 3.30. The van der Waals surface area contributed by atoms with Crippen molar-refractivity contribution in [1.29, 1.82) is 0 Å². The molecule has 240 valence electrons. The van der Waals surface area contributed by atoms with Gasteiger partial charge in [-0.3, -0.25) is 19.3 Å². The number of nitrogens with zero attached hydrogens (tertiary/aromatic N) is 9. The zero-order chi connectivity index (χ0) is 31.8. The van der Waals surface area contributed by atoms with Gasteiger partial charge in [0.2, 0.25) is 5.82 Å². The molecule has 2 fully saturated rings. The highest BCUT2D eigenvalue weighted by Crippen LogP contribution is 2.35. The number of nitrogens with two attached hydrogens (primary N) is 1. The van der Waals surface area contributed by atoms with Crippen molar-refractivity contribution < 1.29 is 22.7 Å². The van der Waals surface area contributed by atoms with Crippen LogP contribution in [0.1, 0.15) is 34.8 Å². The van der Waals surface area contributed by atoms with Crippen molar-refractivity contribution in [1.82, 2.24) is 49.4 Å². The normalized spacial score (nSPS) is 17.7. The van der Waals surface area contributed by atoms with Crippen LogP contribution in [-0.4, -0.2) is 121 Å². The zero-order valence-electron chi connectivity index (χ0n) is 25.2. The maximum absolute atomic E-state index is 13.6. The molecule has 0 saturated carbocycles. The van der Waals surface area contributed by atoms with E-state index in [1.54, 1.807) is 30.2 Å². The number of aromatic amines is 1. The second kappa shape index (κ2) is 12.4. The topological polar surface area (TPSA) is 147 Å². The number of piperidine rings is 1. The summed E-state index contributed by atoms with van der Waals surface area (Å²) in [6.45, 7) is 3.68. The Labute approximate surface area is 257 Å². The molecule has 0 aliphatic carbocycles. The van der Waals surface area contributed by atoms with Gasteiger partial charge in [-0.2, -0.15) is 18.3 Å². The van der Waals surface area contributed by atoms with Crippen LogP contribution in [0.25, 0.3) is 22.3 Å². The number of halogens is 3. The average molecular weight is 628 g/mol. The minimum absolute atomic E-state index is 0.127. The highest BCUT2D eigenvalue weighted by molar-refractivity contribution is 5.92. The molecule has 4 aromatic rings. The molecule has 16 heteroatoms. The van der Waals surface area contributed by atoms with Crippen molar-refractivity contribution in [2.24, 2.45) is 5.73 Å². The summed E-state index contributed by atoms with van der Waals surface area (Å²) >= 11 is 0. The Hall–Kier alpha value is -3.99. The lowest BCUT2D eigenvalue weighted by Crippen LogP contribution is -2.69. The first-order chi connectivity index (χ1) is 21.6. The molecule has 2 aliphatic rings. The van der Waals surface area contributed by atoms with Crippen LogP contribution < -0.4 is 5.73 Å². The van der Waals surface area contributed by atoms with Crippen LogP contribution in [0.15, 0.2) is 37.1 Å². The van der Waals surface area contributed by atoms with E-state index in [0.29, 0.717) is 58.7 Å². The number of amides is 1. The van der Waals surface area contributed by atoms with E-state index < -0.39 is 17.9 Å². The number of rotatable bonds is 10. The van der Waals surface area contributed by atoms with Gasteiger partial charge in [0.15, 0.2) is 0 Å². The number of hydrogen-bond donors (Lipinski definition) is 2. The quantitative estimate of drug-likeness (QED) is 0.268. The van der Waals surface area contributed by atoms with Gasteiger partial charge in [-0.1, -0.05) is 0 Å². The third-order valence-electron chi connectivity index (χ3n) is 8.70. The van der Waals surface area contributed by atoms with Crippen molar-refractivity contribution in [3.63, 3.8) is 0 Å². The van der Waals surface area contributed by atoms with E-state index in [1.807, 2.05) is 23.1 Å². The number of aromatic nitrogens is 7. The first kappa shape index (κ1) is 31.0. The van der Waals surface area contributed by atoms with Gasteiger partial charge in [0.25, 0.3) is 5.91 Å². The Balaban J connectivity index is 1.09. The van der Waals surface area contributed by atoms with Gasteiger partial charge in [-0.25, -0.2) is 19.9 Å². The van der Waals surface area contributed by atoms with Gasteiger partial charge >= 0.3 is 6.18 Å². The van der Waals surface area contributed by atoms with Crippen LogP contribution in [0.3, 0.4) is 0 Å². The molecule has 13 nitrogen and oxygen atoms in total. The van der Waals surface area contributed by atoms with Crippen molar-refractivity contribution in [3.05, 3.63) is 54.3 Å². The number of likely N-dealkylation sites (tertiary alicyclic amines) is 2. The van der Waals surface area contributed by atoms with Gasteiger partial charge in [0.1, 0.15) is 23.2 Å². The zero-order valence-corrected chi connectivity index (χ0v) is 25.2. The number of H-pyrrole nitrogens is 1. The maximum atomic E-state index is 13.6. The molecule has 45 heavy (non-hydrogen) atoms. The Kier molecular flexibility index (Phi) is 8.56. The molecule has 0 bridgehead atoms. The SMILES string of the molecule is COCCN(C)Cc1cc(C(=O)N2CCC(N3CC(CN)(n4cc(-c5ncnc6[nH]ccc56)cn4)C3)CC2)nc(C(F)(F)F)n1. The molecule has 0 unspecified atom stereocenters. The Morgan fingerprint density at radius 3 is 2.71 bits per heavy atom. The number of carbonyl (C=O) groups is 1. The van der Waals surface area contributed by atoms with Gasteiger partial charge in [0.05, 0.1) is 24.2 Å². The van der Waals surface area contributed by atoms with Crippen molar-refractivity contribution >= 4 is 16.9 Å². The summed E-state index contributed by atoms with van der Waals surface area (Å²) in [6, 6.07) is 3.51. The number of alkyl halides is 3. The average Bonchev–Trinajstić information content (AvgIpc) is 3.70. The second-order valence-electron chi connectivity index (χ2n) is 11.8. The van der Waals surface area contributed by atoms with Crippen LogP contribution in [0.4, 0.5) is 13.2 Å². The Morgan fingerprint density at radius 2 is 2.00 bits per heavy atom. The molecule has 1 amide bonds. The highest BCUT2D eigenvalue weighted by atomic mass is 19.4. The van der Waals surface area contributed by atoms with E-state index in [2.05, 4.69) is 34.9 Å². The van der Waals surface area contributed by atoms with Crippen molar-refractivity contribution in [3.8, 4) is 11.3 Å². The van der Waals surface area contributed by atoms with Gasteiger partial charge < -0.3 is 20.4 Å². The van der Waals surface area contributed by atoms with E-state index in [-0.39, 0.29) is 29.5 Å². The third kappa shape index (κ3) is 6.27. The summed E-state index contributed by atoms with van der Waals surface area (Å²) in [4.78, 5) is 38.2.